The van der Waals surface area contributed by atoms with Crippen LogP contribution in [-0.4, -0.2) is 46.0 Å². The number of ether oxygens (including phenoxy) is 1. The van der Waals surface area contributed by atoms with Crippen molar-refractivity contribution in [2.75, 3.05) is 0 Å². The molecule has 2 atom stereocenters. The van der Waals surface area contributed by atoms with Gasteiger partial charge in [-0.05, 0) is 43.0 Å². The third kappa shape index (κ3) is 8.47. The molecular weight excluding hydrogens is 416 g/mol. The number of phenolic OH excluding ortho intramolecular Hbond substituents is 1. The van der Waals surface area contributed by atoms with Gasteiger partial charge in [-0.3, -0.25) is 14.4 Å². The topological polar surface area (TPSA) is 142 Å². The molecule has 2 aromatic rings. The number of aliphatic carboxylic acids is 1. The van der Waals surface area contributed by atoms with Crippen molar-refractivity contribution in [2.24, 2.45) is 0 Å². The van der Waals surface area contributed by atoms with Crippen molar-refractivity contribution in [3.63, 3.8) is 0 Å². The van der Waals surface area contributed by atoms with Crippen molar-refractivity contribution >= 4 is 23.8 Å². The van der Waals surface area contributed by atoms with E-state index in [0.717, 1.165) is 5.56 Å². The smallest absolute Gasteiger partial charge is 0.408 e. The molecule has 32 heavy (non-hydrogen) atoms. The highest BCUT2D eigenvalue weighted by atomic mass is 16.5. The number of nitrogens with one attached hydrogen (secondary N) is 2. The highest BCUT2D eigenvalue weighted by molar-refractivity contribution is 5.91. The number of phenols is 1. The average molecular weight is 442 g/mol. The number of alkyl carbamates (subject to hydrolysis) is 1. The molecule has 0 radical (unpaired) electrons. The fourth-order valence-electron chi connectivity index (χ4n) is 2.88. The van der Waals surface area contributed by atoms with Crippen LogP contribution in [0.4, 0.5) is 4.79 Å². The molecule has 2 aromatic carbocycles. The van der Waals surface area contributed by atoms with Gasteiger partial charge in [0.05, 0.1) is 6.04 Å². The Hall–Kier alpha value is -3.88. The summed E-state index contributed by atoms with van der Waals surface area (Å²) < 4.78 is 5.11. The number of amides is 2. The largest absolute Gasteiger partial charge is 0.508 e. The number of hydrogen-bond acceptors (Lipinski definition) is 6. The van der Waals surface area contributed by atoms with Crippen molar-refractivity contribution in [2.45, 2.75) is 44.9 Å². The third-order valence-electron chi connectivity index (χ3n) is 4.65. The molecule has 0 heterocycles. The minimum atomic E-state index is -1.20. The molecule has 0 saturated carbocycles. The van der Waals surface area contributed by atoms with Gasteiger partial charge >= 0.3 is 12.1 Å². The number of hydrogen-bond donors (Lipinski definition) is 4. The van der Waals surface area contributed by atoms with E-state index in [4.69, 9.17) is 9.84 Å². The number of rotatable bonds is 11. The minimum absolute atomic E-state index is 0.0170. The molecule has 0 aliphatic rings. The van der Waals surface area contributed by atoms with Gasteiger partial charge in [0, 0.05) is 6.42 Å². The molecule has 0 aliphatic carbocycles. The van der Waals surface area contributed by atoms with Gasteiger partial charge in [-0.2, -0.15) is 0 Å². The SMILES string of the molecule is CC(=O)C(Cc1ccc(O)cc1)NC(=O)C(CCC(=O)O)NC(=O)OCc1ccccc1. The third-order valence-corrected chi connectivity index (χ3v) is 4.65. The fourth-order valence-corrected chi connectivity index (χ4v) is 2.88. The Balaban J connectivity index is 2.01. The van der Waals surface area contributed by atoms with E-state index in [0.29, 0.717) is 5.56 Å². The van der Waals surface area contributed by atoms with Crippen molar-refractivity contribution in [1.29, 1.82) is 0 Å². The quantitative estimate of drug-likeness (QED) is 0.418. The van der Waals surface area contributed by atoms with Crippen LogP contribution in [0.2, 0.25) is 0 Å². The summed E-state index contributed by atoms with van der Waals surface area (Å²) in [6.07, 6.45) is -1.24. The number of Topliss-reactive ketones (excluding diaryl/α,β-unsaturated/α-hetero) is 1. The van der Waals surface area contributed by atoms with E-state index in [2.05, 4.69) is 10.6 Å². The van der Waals surface area contributed by atoms with E-state index in [9.17, 15) is 24.3 Å². The number of carbonyl (C=O) groups is 4. The summed E-state index contributed by atoms with van der Waals surface area (Å²) in [7, 11) is 0. The van der Waals surface area contributed by atoms with Gasteiger partial charge in [-0.15, -0.1) is 0 Å². The molecule has 4 N–H and O–H groups in total. The van der Waals surface area contributed by atoms with Crippen LogP contribution in [0.3, 0.4) is 0 Å². The Morgan fingerprint density at radius 1 is 0.906 bits per heavy atom. The van der Waals surface area contributed by atoms with Crippen LogP contribution in [0, 0.1) is 0 Å². The molecule has 0 saturated heterocycles. The summed E-state index contributed by atoms with van der Waals surface area (Å²) in [4.78, 5) is 47.9. The Morgan fingerprint density at radius 3 is 2.16 bits per heavy atom. The summed E-state index contributed by atoms with van der Waals surface area (Å²) >= 11 is 0. The molecule has 9 nitrogen and oxygen atoms in total. The standard InChI is InChI=1S/C23H26N2O7/c1-15(26)20(13-16-7-9-18(27)10-8-16)24-22(30)19(11-12-21(28)29)25-23(31)32-14-17-5-3-2-4-6-17/h2-10,19-20,27H,11-14H2,1H3,(H,24,30)(H,25,31)(H,28,29). The highest BCUT2D eigenvalue weighted by Crippen LogP contribution is 2.12. The first-order chi connectivity index (χ1) is 15.2. The fraction of sp³-hybridized carbons (Fsp3) is 0.304. The van der Waals surface area contributed by atoms with Crippen LogP contribution >= 0.6 is 0 Å². The lowest BCUT2D eigenvalue weighted by molar-refractivity contribution is -0.137. The summed E-state index contributed by atoms with van der Waals surface area (Å²) in [6.45, 7) is 1.30. The predicted molar refractivity (Wildman–Crippen MR) is 115 cm³/mol. The van der Waals surface area contributed by atoms with E-state index < -0.39 is 30.1 Å². The van der Waals surface area contributed by atoms with Crippen molar-refractivity contribution in [3.8, 4) is 5.75 Å². The maximum absolute atomic E-state index is 12.8. The molecule has 9 heteroatoms. The molecule has 0 fully saturated rings. The number of carboxylic acid groups (broad SMARTS) is 1. The lowest BCUT2D eigenvalue weighted by atomic mass is 10.0. The van der Waals surface area contributed by atoms with Gasteiger partial charge in [0.15, 0.2) is 5.78 Å². The molecule has 0 spiro atoms. The molecule has 2 rings (SSSR count). The van der Waals surface area contributed by atoms with E-state index in [1.165, 1.54) is 19.1 Å². The summed E-state index contributed by atoms with van der Waals surface area (Å²) in [5.74, 6) is -2.06. The molecule has 0 aromatic heterocycles. The van der Waals surface area contributed by atoms with Gasteiger partial charge in [-0.1, -0.05) is 42.5 Å². The second-order valence-corrected chi connectivity index (χ2v) is 7.23. The first-order valence-corrected chi connectivity index (χ1v) is 10.0. The Kier molecular flexibility index (Phi) is 9.22. The second kappa shape index (κ2) is 12.1. The maximum atomic E-state index is 12.8. The first kappa shape index (κ1) is 24.4. The summed E-state index contributed by atoms with van der Waals surface area (Å²) in [5.41, 5.74) is 1.46. The van der Waals surface area contributed by atoms with Gasteiger partial charge in [0.2, 0.25) is 5.91 Å². The van der Waals surface area contributed by atoms with Gasteiger partial charge in [-0.25, -0.2) is 4.79 Å². The summed E-state index contributed by atoms with van der Waals surface area (Å²) in [5, 5.41) is 23.3. The zero-order chi connectivity index (χ0) is 23.5. The second-order valence-electron chi connectivity index (χ2n) is 7.23. The maximum Gasteiger partial charge on any atom is 0.408 e. The number of aromatic hydroxyl groups is 1. The van der Waals surface area contributed by atoms with E-state index >= 15 is 0 Å². The van der Waals surface area contributed by atoms with Crippen LogP contribution in [0.15, 0.2) is 54.6 Å². The van der Waals surface area contributed by atoms with E-state index in [1.807, 2.05) is 6.07 Å². The van der Waals surface area contributed by atoms with Crippen LogP contribution in [0.5, 0.6) is 5.75 Å². The van der Waals surface area contributed by atoms with Crippen LogP contribution < -0.4 is 10.6 Å². The highest BCUT2D eigenvalue weighted by Gasteiger charge is 2.26. The van der Waals surface area contributed by atoms with Crippen LogP contribution in [0.1, 0.15) is 30.9 Å². The molecular formula is C23H26N2O7. The number of carboxylic acids is 1. The lowest BCUT2D eigenvalue weighted by Crippen LogP contribution is -2.52. The molecule has 2 amide bonds. The molecule has 2 unspecified atom stereocenters. The molecule has 0 bridgehead atoms. The summed E-state index contributed by atoms with van der Waals surface area (Å²) in [6, 6.07) is 13.0. The number of benzene rings is 2. The van der Waals surface area contributed by atoms with Crippen molar-refractivity contribution < 1.29 is 34.1 Å². The monoisotopic (exact) mass is 442 g/mol. The van der Waals surface area contributed by atoms with E-state index in [-0.39, 0.29) is 37.4 Å². The zero-order valence-corrected chi connectivity index (χ0v) is 17.6. The first-order valence-electron chi connectivity index (χ1n) is 10.0. The lowest BCUT2D eigenvalue weighted by Gasteiger charge is -2.22. The molecule has 170 valence electrons. The Morgan fingerprint density at radius 2 is 1.56 bits per heavy atom. The number of ketones is 1. The van der Waals surface area contributed by atoms with Crippen LogP contribution in [0.25, 0.3) is 0 Å². The van der Waals surface area contributed by atoms with Crippen molar-refractivity contribution in [1.82, 2.24) is 10.6 Å². The average Bonchev–Trinajstić information content (AvgIpc) is 2.76. The van der Waals surface area contributed by atoms with Gasteiger partial charge < -0.3 is 25.6 Å². The normalized spacial score (nSPS) is 12.3. The van der Waals surface area contributed by atoms with Gasteiger partial charge in [0.25, 0.3) is 0 Å². The minimum Gasteiger partial charge on any atom is -0.508 e. The zero-order valence-electron chi connectivity index (χ0n) is 17.6. The Labute approximate surface area is 185 Å². The number of carbonyl (C=O) groups excluding carboxylic acids is 3. The van der Waals surface area contributed by atoms with Crippen LogP contribution in [-0.2, 0) is 32.1 Å². The predicted octanol–water partition coefficient (Wildman–Crippen LogP) is 2.17. The van der Waals surface area contributed by atoms with Gasteiger partial charge in [0.1, 0.15) is 18.4 Å². The van der Waals surface area contributed by atoms with Crippen molar-refractivity contribution in [3.05, 3.63) is 65.7 Å². The van der Waals surface area contributed by atoms with E-state index in [1.54, 1.807) is 36.4 Å². The Bertz CT molecular complexity index is 929. The molecule has 0 aliphatic heterocycles.